The molecule has 0 radical (unpaired) electrons. The van der Waals surface area contributed by atoms with Gasteiger partial charge in [0.05, 0.1) is 17.4 Å². The number of hydrogen-bond donors (Lipinski definition) is 2. The van der Waals surface area contributed by atoms with Gasteiger partial charge in [0.25, 0.3) is 5.91 Å². The van der Waals surface area contributed by atoms with E-state index in [0.29, 0.717) is 0 Å². The topological polar surface area (TPSA) is 125 Å². The number of carboxylic acids is 2. The number of carbonyl (C=O) groups excluding carboxylic acids is 1. The molecular formula is C13H13NO7. The number of rotatable bonds is 3. The Morgan fingerprint density at radius 1 is 1.14 bits per heavy atom. The van der Waals surface area contributed by atoms with E-state index in [4.69, 9.17) is 10.2 Å². The molecule has 1 aliphatic rings. The molecule has 1 fully saturated rings. The van der Waals surface area contributed by atoms with Crippen LogP contribution in [0.2, 0.25) is 0 Å². The summed E-state index contributed by atoms with van der Waals surface area (Å²) in [4.78, 5) is 46.5. The third-order valence-electron chi connectivity index (χ3n) is 3.48. The average Bonchev–Trinajstić information content (AvgIpc) is 2.46. The van der Waals surface area contributed by atoms with E-state index >= 15 is 0 Å². The van der Waals surface area contributed by atoms with Gasteiger partial charge in [-0.3, -0.25) is 14.4 Å². The molecule has 2 heterocycles. The lowest BCUT2D eigenvalue weighted by molar-refractivity contribution is -0.156. The Morgan fingerprint density at radius 3 is 2.33 bits per heavy atom. The molecule has 2 unspecified atom stereocenters. The number of nitrogens with zero attached hydrogens (tertiary/aromatic N) is 1. The maximum Gasteiger partial charge on any atom is 0.335 e. The highest BCUT2D eigenvalue weighted by Gasteiger charge is 2.40. The second kappa shape index (κ2) is 5.78. The Hall–Kier alpha value is -2.64. The van der Waals surface area contributed by atoms with Crippen molar-refractivity contribution in [3.63, 3.8) is 0 Å². The lowest BCUT2D eigenvalue weighted by Gasteiger charge is -2.34. The molecule has 8 nitrogen and oxygen atoms in total. The average molecular weight is 295 g/mol. The molecule has 8 heteroatoms. The van der Waals surface area contributed by atoms with Crippen molar-refractivity contribution in [3.05, 3.63) is 34.4 Å². The van der Waals surface area contributed by atoms with Crippen LogP contribution >= 0.6 is 0 Å². The number of piperidine rings is 1. The third kappa shape index (κ3) is 3.10. The van der Waals surface area contributed by atoms with Gasteiger partial charge in [-0.2, -0.15) is 0 Å². The van der Waals surface area contributed by atoms with Gasteiger partial charge in [-0.05, 0) is 12.5 Å². The van der Waals surface area contributed by atoms with Crippen LogP contribution in [-0.4, -0.2) is 46.0 Å². The van der Waals surface area contributed by atoms with Gasteiger partial charge in [0.1, 0.15) is 6.26 Å². The van der Waals surface area contributed by atoms with Gasteiger partial charge in [0.2, 0.25) is 0 Å². The summed E-state index contributed by atoms with van der Waals surface area (Å²) in [5, 5.41) is 18.1. The molecule has 1 saturated heterocycles. The van der Waals surface area contributed by atoms with Crippen LogP contribution in [0.4, 0.5) is 0 Å². The molecule has 0 aliphatic carbocycles. The molecule has 1 amide bonds. The van der Waals surface area contributed by atoms with E-state index in [1.165, 1.54) is 11.0 Å². The fourth-order valence-electron chi connectivity index (χ4n) is 2.34. The third-order valence-corrected chi connectivity index (χ3v) is 3.48. The highest BCUT2D eigenvalue weighted by molar-refractivity contribution is 5.94. The first-order valence-electron chi connectivity index (χ1n) is 6.24. The van der Waals surface area contributed by atoms with Gasteiger partial charge >= 0.3 is 17.6 Å². The van der Waals surface area contributed by atoms with E-state index in [1.54, 1.807) is 0 Å². The van der Waals surface area contributed by atoms with E-state index in [0.717, 1.165) is 12.3 Å². The van der Waals surface area contributed by atoms with E-state index in [9.17, 15) is 19.2 Å². The minimum Gasteiger partial charge on any atom is -0.481 e. The zero-order valence-electron chi connectivity index (χ0n) is 10.9. The van der Waals surface area contributed by atoms with Crippen LogP contribution in [0.25, 0.3) is 0 Å². The second-order valence-corrected chi connectivity index (χ2v) is 4.77. The van der Waals surface area contributed by atoms with Crippen LogP contribution in [-0.2, 0) is 9.59 Å². The first-order valence-corrected chi connectivity index (χ1v) is 6.24. The molecule has 0 spiro atoms. The van der Waals surface area contributed by atoms with Crippen molar-refractivity contribution in [3.8, 4) is 0 Å². The number of hydrogen-bond acceptors (Lipinski definition) is 5. The Balaban J connectivity index is 2.17. The second-order valence-electron chi connectivity index (χ2n) is 4.77. The summed E-state index contributed by atoms with van der Waals surface area (Å²) < 4.78 is 4.59. The van der Waals surface area contributed by atoms with Crippen molar-refractivity contribution < 1.29 is 29.0 Å². The predicted octanol–water partition coefficient (Wildman–Crippen LogP) is -0.113. The molecule has 21 heavy (non-hydrogen) atoms. The van der Waals surface area contributed by atoms with Crippen molar-refractivity contribution in [1.29, 1.82) is 0 Å². The Morgan fingerprint density at radius 2 is 1.81 bits per heavy atom. The van der Waals surface area contributed by atoms with Gasteiger partial charge in [-0.15, -0.1) is 0 Å². The van der Waals surface area contributed by atoms with Gasteiger partial charge in [-0.25, -0.2) is 4.79 Å². The largest absolute Gasteiger partial charge is 0.481 e. The number of aliphatic carboxylic acids is 2. The van der Waals surface area contributed by atoms with Crippen molar-refractivity contribution in [2.75, 3.05) is 13.1 Å². The molecule has 0 saturated carbocycles. The van der Waals surface area contributed by atoms with Gasteiger partial charge in [-0.1, -0.05) is 0 Å². The number of likely N-dealkylation sites (tertiary alicyclic amines) is 1. The van der Waals surface area contributed by atoms with E-state index in [2.05, 4.69) is 4.42 Å². The highest BCUT2D eigenvalue weighted by atomic mass is 16.4. The number of amides is 1. The standard InChI is InChI=1S/C13H13NO7/c15-10-2-1-7(6-21-10)11(16)14-4-3-8(12(17)18)9(5-14)13(19)20/h1-2,6,8-9H,3-5H2,(H,17,18)(H,19,20). The predicted molar refractivity (Wildman–Crippen MR) is 67.8 cm³/mol. The quantitative estimate of drug-likeness (QED) is 0.796. The maximum absolute atomic E-state index is 12.2. The van der Waals surface area contributed by atoms with E-state index in [1.807, 2.05) is 0 Å². The molecule has 1 aromatic heterocycles. The first-order chi connectivity index (χ1) is 9.90. The molecule has 0 aromatic carbocycles. The van der Waals surface area contributed by atoms with Crippen molar-refractivity contribution in [2.45, 2.75) is 6.42 Å². The van der Waals surface area contributed by atoms with E-state index in [-0.39, 0.29) is 25.1 Å². The lowest BCUT2D eigenvalue weighted by atomic mass is 9.85. The minimum atomic E-state index is -1.25. The molecule has 0 bridgehead atoms. The number of carbonyl (C=O) groups is 3. The van der Waals surface area contributed by atoms with Gasteiger partial charge in [0, 0.05) is 19.2 Å². The van der Waals surface area contributed by atoms with Gasteiger partial charge in [0.15, 0.2) is 0 Å². The summed E-state index contributed by atoms with van der Waals surface area (Å²) >= 11 is 0. The Bertz CT molecular complexity index is 615. The van der Waals surface area contributed by atoms with E-state index < -0.39 is 35.3 Å². The summed E-state index contributed by atoms with van der Waals surface area (Å²) in [6.07, 6.45) is 1.07. The van der Waals surface area contributed by atoms with Crippen molar-refractivity contribution in [1.82, 2.24) is 4.90 Å². The molecule has 2 rings (SSSR count). The summed E-state index contributed by atoms with van der Waals surface area (Å²) in [5.74, 6) is -5.09. The fraction of sp³-hybridized carbons (Fsp3) is 0.385. The summed E-state index contributed by atoms with van der Waals surface area (Å²) in [7, 11) is 0. The fourth-order valence-corrected chi connectivity index (χ4v) is 2.34. The highest BCUT2D eigenvalue weighted by Crippen LogP contribution is 2.25. The molecule has 2 N–H and O–H groups in total. The first kappa shape index (κ1) is 14.8. The normalized spacial score (nSPS) is 21.8. The maximum atomic E-state index is 12.2. The Labute approximate surface area is 118 Å². The zero-order chi connectivity index (χ0) is 15.6. The molecule has 2 atom stereocenters. The van der Waals surface area contributed by atoms with Crippen molar-refractivity contribution >= 4 is 17.8 Å². The smallest absolute Gasteiger partial charge is 0.335 e. The van der Waals surface area contributed by atoms with Crippen LogP contribution in [0.15, 0.2) is 27.6 Å². The Kier molecular flexibility index (Phi) is 4.06. The summed E-state index contributed by atoms with van der Waals surface area (Å²) in [5.41, 5.74) is -0.480. The minimum absolute atomic E-state index is 0.0643. The van der Waals surface area contributed by atoms with Crippen LogP contribution in [0.5, 0.6) is 0 Å². The molecule has 1 aliphatic heterocycles. The van der Waals surface area contributed by atoms with Gasteiger partial charge < -0.3 is 19.5 Å². The van der Waals surface area contributed by atoms with Crippen LogP contribution in [0.1, 0.15) is 16.8 Å². The van der Waals surface area contributed by atoms with Crippen LogP contribution in [0, 0.1) is 11.8 Å². The monoisotopic (exact) mass is 295 g/mol. The zero-order valence-corrected chi connectivity index (χ0v) is 10.9. The summed E-state index contributed by atoms with van der Waals surface area (Å²) in [6, 6.07) is 2.37. The SMILES string of the molecule is O=C(O)C1CCN(C(=O)c2ccc(=O)oc2)CC1C(=O)O. The summed E-state index contributed by atoms with van der Waals surface area (Å²) in [6.45, 7) is -0.0526. The van der Waals surface area contributed by atoms with Crippen LogP contribution in [0.3, 0.4) is 0 Å². The lowest BCUT2D eigenvalue weighted by Crippen LogP contribution is -2.48. The van der Waals surface area contributed by atoms with Crippen molar-refractivity contribution in [2.24, 2.45) is 11.8 Å². The van der Waals surface area contributed by atoms with Crippen LogP contribution < -0.4 is 5.63 Å². The molecular weight excluding hydrogens is 282 g/mol. The molecule has 112 valence electrons. The molecule has 1 aromatic rings. The number of carboxylic acid groups (broad SMARTS) is 2.